The number of aromatic nitrogens is 3. The molecule has 1 heterocycles. The molecule has 2 aromatic carbocycles. The van der Waals surface area contributed by atoms with Crippen molar-refractivity contribution < 1.29 is 9.72 Å². The van der Waals surface area contributed by atoms with Crippen LogP contribution in [0.15, 0.2) is 47.6 Å². The Kier molecular flexibility index (Phi) is 7.30. The third-order valence-electron chi connectivity index (χ3n) is 4.15. The average molecular weight is 466 g/mol. The average Bonchev–Trinajstić information content (AvgIpc) is 3.11. The van der Waals surface area contributed by atoms with Gasteiger partial charge in [0.15, 0.2) is 5.16 Å². The Balaban J connectivity index is 1.65. The van der Waals surface area contributed by atoms with Crippen molar-refractivity contribution in [2.75, 3.05) is 11.1 Å². The summed E-state index contributed by atoms with van der Waals surface area (Å²) >= 11 is 13.2. The second-order valence-electron chi connectivity index (χ2n) is 6.20. The molecule has 0 aliphatic rings. The maximum absolute atomic E-state index is 12.3. The molecule has 11 heteroatoms. The van der Waals surface area contributed by atoms with Crippen LogP contribution in [0.5, 0.6) is 0 Å². The number of rotatable bonds is 8. The Morgan fingerprint density at radius 3 is 2.60 bits per heavy atom. The smallest absolute Gasteiger partial charge is 0.271 e. The number of nitro benzene ring substituents is 1. The third-order valence-corrected chi connectivity index (χ3v) is 5.70. The zero-order valence-electron chi connectivity index (χ0n) is 15.8. The van der Waals surface area contributed by atoms with Gasteiger partial charge in [-0.15, -0.1) is 10.2 Å². The Morgan fingerprint density at radius 1 is 1.20 bits per heavy atom. The van der Waals surface area contributed by atoms with E-state index in [4.69, 9.17) is 23.2 Å². The molecule has 0 aliphatic carbocycles. The zero-order chi connectivity index (χ0) is 21.7. The molecule has 8 nitrogen and oxygen atoms in total. The van der Waals surface area contributed by atoms with Crippen molar-refractivity contribution >= 4 is 52.2 Å². The number of hydrogen-bond donors (Lipinski definition) is 1. The molecule has 1 aromatic heterocycles. The van der Waals surface area contributed by atoms with E-state index in [9.17, 15) is 14.9 Å². The minimum absolute atomic E-state index is 0.0537. The summed E-state index contributed by atoms with van der Waals surface area (Å²) in [7, 11) is 0. The molecule has 0 fully saturated rings. The number of amides is 1. The number of carbonyl (C=O) groups excluding carboxylic acids is 1. The van der Waals surface area contributed by atoms with Crippen LogP contribution in [0.3, 0.4) is 0 Å². The summed E-state index contributed by atoms with van der Waals surface area (Å²) in [6.45, 7) is 2.62. The SMILES string of the molecule is CCn1c(Cc2ccc(Cl)cc2)nnc1SCC(=O)Nc1cc([N+](=O)[O-])ccc1Cl. The molecular formula is C19H17Cl2N5O3S. The molecule has 0 radical (unpaired) electrons. The summed E-state index contributed by atoms with van der Waals surface area (Å²) in [5.74, 6) is 0.481. The van der Waals surface area contributed by atoms with Crippen molar-refractivity contribution in [1.82, 2.24) is 14.8 Å². The molecule has 0 spiro atoms. The first-order chi connectivity index (χ1) is 14.4. The Bertz CT molecular complexity index is 1070. The lowest BCUT2D eigenvalue weighted by atomic mass is 10.1. The predicted molar refractivity (Wildman–Crippen MR) is 117 cm³/mol. The minimum Gasteiger partial charge on any atom is -0.324 e. The van der Waals surface area contributed by atoms with Crippen LogP contribution in [0, 0.1) is 10.1 Å². The summed E-state index contributed by atoms with van der Waals surface area (Å²) in [6.07, 6.45) is 0.591. The number of carbonyl (C=O) groups is 1. The van der Waals surface area contributed by atoms with Gasteiger partial charge in [0.2, 0.25) is 5.91 Å². The molecule has 1 amide bonds. The highest BCUT2D eigenvalue weighted by Gasteiger charge is 2.16. The van der Waals surface area contributed by atoms with Gasteiger partial charge in [0.1, 0.15) is 5.82 Å². The number of thioether (sulfide) groups is 1. The first-order valence-electron chi connectivity index (χ1n) is 8.90. The maximum Gasteiger partial charge on any atom is 0.271 e. The molecule has 30 heavy (non-hydrogen) atoms. The van der Waals surface area contributed by atoms with E-state index in [2.05, 4.69) is 15.5 Å². The van der Waals surface area contributed by atoms with Crippen LogP contribution in [-0.4, -0.2) is 31.3 Å². The fourth-order valence-electron chi connectivity index (χ4n) is 2.70. The van der Waals surface area contributed by atoms with E-state index >= 15 is 0 Å². The van der Waals surface area contributed by atoms with Crippen LogP contribution >= 0.6 is 35.0 Å². The van der Waals surface area contributed by atoms with E-state index in [1.54, 1.807) is 0 Å². The van der Waals surface area contributed by atoms with Crippen molar-refractivity contribution in [2.24, 2.45) is 0 Å². The van der Waals surface area contributed by atoms with Crippen molar-refractivity contribution in [2.45, 2.75) is 25.0 Å². The topological polar surface area (TPSA) is 103 Å². The molecular weight excluding hydrogens is 449 g/mol. The van der Waals surface area contributed by atoms with Crippen molar-refractivity contribution in [3.05, 3.63) is 74.0 Å². The molecule has 1 N–H and O–H groups in total. The van der Waals surface area contributed by atoms with Crippen LogP contribution in [0.25, 0.3) is 0 Å². The first-order valence-corrected chi connectivity index (χ1v) is 10.6. The van der Waals surface area contributed by atoms with E-state index in [-0.39, 0.29) is 28.1 Å². The molecule has 3 aromatic rings. The summed E-state index contributed by atoms with van der Waals surface area (Å²) in [6, 6.07) is 11.4. The number of anilines is 1. The van der Waals surface area contributed by atoms with Gasteiger partial charge in [0.25, 0.3) is 5.69 Å². The van der Waals surface area contributed by atoms with Crippen LogP contribution in [0.1, 0.15) is 18.3 Å². The maximum atomic E-state index is 12.3. The second kappa shape index (κ2) is 9.92. The van der Waals surface area contributed by atoms with E-state index in [1.165, 1.54) is 30.0 Å². The summed E-state index contributed by atoms with van der Waals surface area (Å²) in [5, 5.41) is 23.4. The first kappa shape index (κ1) is 22.1. The van der Waals surface area contributed by atoms with Gasteiger partial charge in [-0.2, -0.15) is 0 Å². The number of nitro groups is 1. The second-order valence-corrected chi connectivity index (χ2v) is 7.99. The normalized spacial score (nSPS) is 10.8. The summed E-state index contributed by atoms with van der Waals surface area (Å²) in [5.41, 5.74) is 1.09. The highest BCUT2D eigenvalue weighted by Crippen LogP contribution is 2.27. The minimum atomic E-state index is -0.549. The number of nitrogens with zero attached hydrogens (tertiary/aromatic N) is 4. The van der Waals surface area contributed by atoms with E-state index in [1.807, 2.05) is 35.8 Å². The lowest BCUT2D eigenvalue weighted by Crippen LogP contribution is -2.15. The van der Waals surface area contributed by atoms with Gasteiger partial charge in [-0.05, 0) is 30.7 Å². The van der Waals surface area contributed by atoms with Gasteiger partial charge < -0.3 is 9.88 Å². The monoisotopic (exact) mass is 465 g/mol. The Hall–Kier alpha value is -2.62. The zero-order valence-corrected chi connectivity index (χ0v) is 18.2. The fourth-order valence-corrected chi connectivity index (χ4v) is 3.81. The molecule has 0 saturated heterocycles. The van der Waals surface area contributed by atoms with Crippen molar-refractivity contribution in [1.29, 1.82) is 0 Å². The summed E-state index contributed by atoms with van der Waals surface area (Å²) in [4.78, 5) is 22.7. The molecule has 0 unspecified atom stereocenters. The van der Waals surface area contributed by atoms with E-state index < -0.39 is 4.92 Å². The van der Waals surface area contributed by atoms with Crippen LogP contribution in [-0.2, 0) is 17.8 Å². The Morgan fingerprint density at radius 2 is 1.93 bits per heavy atom. The van der Waals surface area contributed by atoms with Crippen LogP contribution in [0.2, 0.25) is 10.0 Å². The molecule has 156 valence electrons. The van der Waals surface area contributed by atoms with E-state index in [0.29, 0.717) is 23.1 Å². The number of nitrogens with one attached hydrogen (secondary N) is 1. The van der Waals surface area contributed by atoms with Crippen molar-refractivity contribution in [3.63, 3.8) is 0 Å². The fraction of sp³-hybridized carbons (Fsp3) is 0.211. The van der Waals surface area contributed by atoms with Gasteiger partial charge in [0, 0.05) is 30.1 Å². The molecule has 0 saturated carbocycles. The lowest BCUT2D eigenvalue weighted by Gasteiger charge is -2.09. The quantitative estimate of drug-likeness (QED) is 0.290. The van der Waals surface area contributed by atoms with E-state index in [0.717, 1.165) is 11.4 Å². The van der Waals surface area contributed by atoms with Crippen LogP contribution in [0.4, 0.5) is 11.4 Å². The van der Waals surface area contributed by atoms with Crippen LogP contribution < -0.4 is 5.32 Å². The molecule has 3 rings (SSSR count). The number of benzene rings is 2. The largest absolute Gasteiger partial charge is 0.324 e. The summed E-state index contributed by atoms with van der Waals surface area (Å²) < 4.78 is 1.94. The number of hydrogen-bond acceptors (Lipinski definition) is 6. The highest BCUT2D eigenvalue weighted by atomic mass is 35.5. The predicted octanol–water partition coefficient (Wildman–Crippen LogP) is 4.83. The number of halogens is 2. The lowest BCUT2D eigenvalue weighted by molar-refractivity contribution is -0.384. The van der Waals surface area contributed by atoms with Gasteiger partial charge in [-0.1, -0.05) is 47.1 Å². The third kappa shape index (κ3) is 5.50. The molecule has 0 atom stereocenters. The Labute approximate surface area is 186 Å². The van der Waals surface area contributed by atoms with Gasteiger partial charge in [-0.25, -0.2) is 0 Å². The standard InChI is InChI=1S/C19H17Cl2N5O3S/c1-2-25-17(9-12-3-5-13(20)6-4-12)23-24-19(25)30-11-18(27)22-16-10-14(26(28)29)7-8-15(16)21/h3-8,10H,2,9,11H2,1H3,(H,22,27). The molecule has 0 bridgehead atoms. The van der Waals surface area contributed by atoms with Gasteiger partial charge in [-0.3, -0.25) is 14.9 Å². The van der Waals surface area contributed by atoms with Crippen molar-refractivity contribution in [3.8, 4) is 0 Å². The number of non-ortho nitro benzene ring substituents is 1. The molecule has 0 aliphatic heterocycles. The van der Waals surface area contributed by atoms with Gasteiger partial charge >= 0.3 is 0 Å². The van der Waals surface area contributed by atoms with Gasteiger partial charge in [0.05, 0.1) is 21.4 Å². The highest BCUT2D eigenvalue weighted by molar-refractivity contribution is 7.99.